The van der Waals surface area contributed by atoms with Gasteiger partial charge in [0.25, 0.3) is 0 Å². The molecule has 0 aromatic heterocycles. The Morgan fingerprint density at radius 2 is 2.25 bits per heavy atom. The van der Waals surface area contributed by atoms with Gasteiger partial charge in [0.2, 0.25) is 0 Å². The van der Waals surface area contributed by atoms with Gasteiger partial charge in [0.15, 0.2) is 0 Å². The van der Waals surface area contributed by atoms with E-state index in [1.807, 2.05) is 0 Å². The van der Waals surface area contributed by atoms with E-state index in [1.165, 1.54) is 0 Å². The number of nitrogens with zero attached hydrogens (tertiary/aromatic N) is 1. The summed E-state index contributed by atoms with van der Waals surface area (Å²) < 4.78 is 11.5. The van der Waals surface area contributed by atoms with Gasteiger partial charge in [-0.15, -0.1) is 0 Å². The summed E-state index contributed by atoms with van der Waals surface area (Å²) in [7, 11) is 2.17. The van der Waals surface area contributed by atoms with E-state index in [4.69, 9.17) is 9.47 Å². The highest BCUT2D eigenvalue weighted by Crippen LogP contribution is 2.19. The fourth-order valence-electron chi connectivity index (χ4n) is 2.48. The number of hydrogen-bond donors (Lipinski definition) is 1. The summed E-state index contributed by atoms with van der Waals surface area (Å²) in [6.07, 6.45) is 1.52. The van der Waals surface area contributed by atoms with Gasteiger partial charge in [-0.3, -0.25) is 4.90 Å². The van der Waals surface area contributed by atoms with Crippen LogP contribution in [0.25, 0.3) is 0 Å². The zero-order valence-electron chi connectivity index (χ0n) is 10.7. The molecule has 2 rings (SSSR count). The lowest BCUT2D eigenvalue weighted by Crippen LogP contribution is -2.59. The largest absolute Gasteiger partial charge is 0.377 e. The van der Waals surface area contributed by atoms with Gasteiger partial charge in [-0.1, -0.05) is 0 Å². The van der Waals surface area contributed by atoms with Gasteiger partial charge in [0, 0.05) is 32.3 Å². The molecule has 0 radical (unpaired) electrons. The van der Waals surface area contributed by atoms with Crippen LogP contribution in [0.2, 0.25) is 0 Å². The zero-order chi connectivity index (χ0) is 11.6. The van der Waals surface area contributed by atoms with Crippen LogP contribution >= 0.6 is 0 Å². The second kappa shape index (κ2) is 5.00. The Kier molecular flexibility index (Phi) is 3.85. The minimum absolute atomic E-state index is 0.0820. The molecule has 1 N–H and O–H groups in total. The van der Waals surface area contributed by atoms with Crippen molar-refractivity contribution in [2.45, 2.75) is 38.0 Å². The highest BCUT2D eigenvalue weighted by molar-refractivity contribution is 4.90. The van der Waals surface area contributed by atoms with Crippen molar-refractivity contribution in [2.75, 3.05) is 39.9 Å². The number of likely N-dealkylation sites (N-methyl/N-ethyl adjacent to an activating group) is 1. The Labute approximate surface area is 98.3 Å². The van der Waals surface area contributed by atoms with E-state index in [1.54, 1.807) is 0 Å². The summed E-state index contributed by atoms with van der Waals surface area (Å²) in [6.45, 7) is 9.01. The van der Waals surface area contributed by atoms with Gasteiger partial charge in [0.05, 0.1) is 18.3 Å². The van der Waals surface area contributed by atoms with Crippen molar-refractivity contribution >= 4 is 0 Å². The van der Waals surface area contributed by atoms with E-state index in [9.17, 15) is 0 Å². The van der Waals surface area contributed by atoms with Crippen molar-refractivity contribution in [1.29, 1.82) is 0 Å². The van der Waals surface area contributed by atoms with Crippen LogP contribution in [0.4, 0.5) is 0 Å². The van der Waals surface area contributed by atoms with Gasteiger partial charge >= 0.3 is 0 Å². The molecule has 2 aliphatic rings. The molecule has 16 heavy (non-hydrogen) atoms. The molecule has 0 aliphatic carbocycles. The maximum Gasteiger partial charge on any atom is 0.0902 e. The quantitative estimate of drug-likeness (QED) is 0.742. The number of ether oxygens (including phenoxy) is 2. The van der Waals surface area contributed by atoms with Crippen LogP contribution in [0, 0.1) is 0 Å². The first-order chi connectivity index (χ1) is 7.61. The topological polar surface area (TPSA) is 33.7 Å². The molecule has 2 unspecified atom stereocenters. The van der Waals surface area contributed by atoms with Gasteiger partial charge in [-0.2, -0.15) is 0 Å². The van der Waals surface area contributed by atoms with E-state index in [0.29, 0.717) is 12.1 Å². The molecule has 2 aliphatic heterocycles. The predicted molar refractivity (Wildman–Crippen MR) is 63.7 cm³/mol. The molecule has 0 spiro atoms. The number of nitrogens with one attached hydrogen (secondary N) is 1. The van der Waals surface area contributed by atoms with Crippen LogP contribution in [0.1, 0.15) is 20.3 Å². The lowest BCUT2D eigenvalue weighted by atomic mass is 10.0. The van der Waals surface area contributed by atoms with Crippen LogP contribution in [0.3, 0.4) is 0 Å². The van der Waals surface area contributed by atoms with Gasteiger partial charge in [0.1, 0.15) is 0 Å². The minimum Gasteiger partial charge on any atom is -0.377 e. The van der Waals surface area contributed by atoms with E-state index in [2.05, 4.69) is 31.1 Å². The molecule has 0 aromatic rings. The van der Waals surface area contributed by atoms with Crippen molar-refractivity contribution in [3.05, 3.63) is 0 Å². The minimum atomic E-state index is 0.0820. The Balaban J connectivity index is 1.65. The van der Waals surface area contributed by atoms with Gasteiger partial charge in [-0.05, 0) is 27.3 Å². The van der Waals surface area contributed by atoms with Crippen LogP contribution in [0.15, 0.2) is 0 Å². The first-order valence-corrected chi connectivity index (χ1v) is 6.27. The van der Waals surface area contributed by atoms with Crippen molar-refractivity contribution in [3.8, 4) is 0 Å². The third-order valence-corrected chi connectivity index (χ3v) is 3.79. The highest BCUT2D eigenvalue weighted by atomic mass is 16.5. The lowest BCUT2D eigenvalue weighted by molar-refractivity contribution is -0.0739. The molecule has 2 atom stereocenters. The SMILES string of the molecule is CC1OCCC1N(C)CCOC1(C)CNC1. The molecule has 2 saturated heterocycles. The maximum absolute atomic E-state index is 5.89. The number of hydrogen-bond acceptors (Lipinski definition) is 4. The molecular formula is C12H24N2O2. The first-order valence-electron chi connectivity index (χ1n) is 6.27. The molecule has 0 saturated carbocycles. The molecule has 2 fully saturated rings. The van der Waals surface area contributed by atoms with E-state index < -0.39 is 0 Å². The van der Waals surface area contributed by atoms with E-state index >= 15 is 0 Å². The average Bonchev–Trinajstić information content (AvgIpc) is 2.62. The fourth-order valence-corrected chi connectivity index (χ4v) is 2.48. The fraction of sp³-hybridized carbons (Fsp3) is 1.00. The van der Waals surface area contributed by atoms with E-state index in [0.717, 1.165) is 39.3 Å². The molecule has 4 heteroatoms. The van der Waals surface area contributed by atoms with E-state index in [-0.39, 0.29) is 5.60 Å². The summed E-state index contributed by atoms with van der Waals surface area (Å²) in [4.78, 5) is 2.37. The maximum atomic E-state index is 5.89. The standard InChI is InChI=1S/C12H24N2O2/c1-10-11(4-6-15-10)14(3)5-7-16-12(2)8-13-9-12/h10-11,13H,4-9H2,1-3H3. The first kappa shape index (κ1) is 12.3. The summed E-state index contributed by atoms with van der Waals surface area (Å²) in [5.74, 6) is 0. The zero-order valence-corrected chi connectivity index (χ0v) is 10.7. The molecule has 0 aromatic carbocycles. The Hall–Kier alpha value is -0.160. The highest BCUT2D eigenvalue weighted by Gasteiger charge is 2.33. The summed E-state index contributed by atoms with van der Waals surface area (Å²) >= 11 is 0. The van der Waals surface area contributed by atoms with Gasteiger partial charge < -0.3 is 14.8 Å². The van der Waals surface area contributed by atoms with Crippen LogP contribution in [0.5, 0.6) is 0 Å². The lowest BCUT2D eigenvalue weighted by Gasteiger charge is -2.39. The Morgan fingerprint density at radius 3 is 2.75 bits per heavy atom. The predicted octanol–water partition coefficient (Wildman–Crippen LogP) is 0.474. The summed E-state index contributed by atoms with van der Waals surface area (Å²) in [6, 6.07) is 0.566. The third-order valence-electron chi connectivity index (χ3n) is 3.79. The van der Waals surface area contributed by atoms with Crippen LogP contribution < -0.4 is 5.32 Å². The molecule has 94 valence electrons. The average molecular weight is 228 g/mol. The second-order valence-corrected chi connectivity index (χ2v) is 5.31. The smallest absolute Gasteiger partial charge is 0.0902 e. The van der Waals surface area contributed by atoms with Crippen molar-refractivity contribution in [3.63, 3.8) is 0 Å². The van der Waals surface area contributed by atoms with Crippen LogP contribution in [-0.4, -0.2) is 62.5 Å². The molecule has 4 nitrogen and oxygen atoms in total. The molecule has 0 amide bonds. The number of rotatable bonds is 5. The normalized spacial score (nSPS) is 33.0. The molecular weight excluding hydrogens is 204 g/mol. The monoisotopic (exact) mass is 228 g/mol. The van der Waals surface area contributed by atoms with Gasteiger partial charge in [-0.25, -0.2) is 0 Å². The second-order valence-electron chi connectivity index (χ2n) is 5.31. The third kappa shape index (κ3) is 2.74. The Morgan fingerprint density at radius 1 is 1.50 bits per heavy atom. The van der Waals surface area contributed by atoms with Crippen LogP contribution in [-0.2, 0) is 9.47 Å². The van der Waals surface area contributed by atoms with Crippen molar-refractivity contribution in [1.82, 2.24) is 10.2 Å². The summed E-state index contributed by atoms with van der Waals surface area (Å²) in [5, 5.41) is 3.24. The van der Waals surface area contributed by atoms with Crippen molar-refractivity contribution < 1.29 is 9.47 Å². The molecule has 2 heterocycles. The van der Waals surface area contributed by atoms with Crippen molar-refractivity contribution in [2.24, 2.45) is 0 Å². The molecule has 0 bridgehead atoms. The summed E-state index contributed by atoms with van der Waals surface area (Å²) in [5.41, 5.74) is 0.0820. The Bertz CT molecular complexity index is 231.